The molecular weight excluding hydrogens is 462 g/mol. The average Bonchev–Trinajstić information content (AvgIpc) is 3.19. The molecule has 3 aromatic rings. The predicted molar refractivity (Wildman–Crippen MR) is 134 cm³/mol. The summed E-state index contributed by atoms with van der Waals surface area (Å²) in [6, 6.07) is 8.26. The summed E-state index contributed by atoms with van der Waals surface area (Å²) in [7, 11) is -2.15. The number of hydrogen-bond donors (Lipinski definition) is 1. The molecule has 0 bridgehead atoms. The number of nitrogens with zero attached hydrogens (tertiary/aromatic N) is 3. The molecule has 0 aliphatic heterocycles. The number of hydrogen-bond acceptors (Lipinski definition) is 5. The lowest BCUT2D eigenvalue weighted by Crippen LogP contribution is -2.35. The second kappa shape index (κ2) is 10.3. The van der Waals surface area contributed by atoms with Crippen LogP contribution < -0.4 is 4.73 Å². The van der Waals surface area contributed by atoms with E-state index >= 15 is 0 Å². The number of fused-ring (bicyclic) bond motifs is 1. The van der Waals surface area contributed by atoms with Crippen LogP contribution in [0, 0.1) is 5.92 Å². The number of benzene rings is 1. The lowest BCUT2D eigenvalue weighted by atomic mass is 9.88. The van der Waals surface area contributed by atoms with Crippen LogP contribution in [-0.4, -0.2) is 36.9 Å². The molecule has 1 aliphatic rings. The number of rotatable bonds is 8. The average molecular weight is 501 g/mol. The minimum absolute atomic E-state index is 0.155. The molecule has 0 spiro atoms. The van der Waals surface area contributed by atoms with Crippen LogP contribution in [0.15, 0.2) is 46.3 Å². The highest BCUT2D eigenvalue weighted by Crippen LogP contribution is 2.33. The number of ether oxygens (including phenoxy) is 1. The van der Waals surface area contributed by atoms with E-state index < -0.39 is 9.84 Å². The third-order valence-corrected chi connectivity index (χ3v) is 8.69. The molecule has 0 amide bonds. The molecule has 1 saturated carbocycles. The fourth-order valence-corrected chi connectivity index (χ4v) is 6.39. The maximum absolute atomic E-state index is 13.5. The Bertz CT molecular complexity index is 1290. The quantitative estimate of drug-likeness (QED) is 0.271. The van der Waals surface area contributed by atoms with E-state index in [1.807, 2.05) is 6.07 Å². The van der Waals surface area contributed by atoms with Crippen molar-refractivity contribution in [3.05, 3.63) is 48.0 Å². The summed E-state index contributed by atoms with van der Waals surface area (Å²) in [4.78, 5) is 5.31. The van der Waals surface area contributed by atoms with Crippen LogP contribution >= 0.6 is 0 Å². The molecule has 190 valence electrons. The summed E-state index contributed by atoms with van der Waals surface area (Å²) >= 11 is 0. The molecule has 0 saturated heterocycles. The first kappa shape index (κ1) is 25.6. The maximum Gasteiger partial charge on any atom is 0.235 e. The molecule has 8 heteroatoms. The summed E-state index contributed by atoms with van der Waals surface area (Å²) in [5.41, 5.74) is 2.06. The van der Waals surface area contributed by atoms with Gasteiger partial charge in [-0.15, -0.1) is 0 Å². The van der Waals surface area contributed by atoms with Gasteiger partial charge in [-0.1, -0.05) is 40.0 Å². The Morgan fingerprint density at radius 3 is 2.51 bits per heavy atom. The first-order valence-electron chi connectivity index (χ1n) is 12.6. The van der Waals surface area contributed by atoms with Crippen LogP contribution in [0.4, 0.5) is 0 Å². The Labute approximate surface area is 208 Å². The number of imidazole rings is 1. The highest BCUT2D eigenvalue weighted by atomic mass is 32.2. The topological polar surface area (TPSA) is 85.3 Å². The van der Waals surface area contributed by atoms with E-state index in [0.717, 1.165) is 22.6 Å². The molecule has 2 aromatic heterocycles. The van der Waals surface area contributed by atoms with Crippen molar-refractivity contribution in [2.24, 2.45) is 5.92 Å². The van der Waals surface area contributed by atoms with Crippen molar-refractivity contribution < 1.29 is 23.1 Å². The van der Waals surface area contributed by atoms with Crippen LogP contribution in [0.1, 0.15) is 70.8 Å². The van der Waals surface area contributed by atoms with Gasteiger partial charge in [0.1, 0.15) is 5.82 Å². The van der Waals surface area contributed by atoms with E-state index in [4.69, 9.17) is 9.72 Å². The van der Waals surface area contributed by atoms with Crippen molar-refractivity contribution in [1.82, 2.24) is 9.55 Å². The molecule has 0 unspecified atom stereocenters. The van der Waals surface area contributed by atoms with Gasteiger partial charge in [0.2, 0.25) is 21.7 Å². The van der Waals surface area contributed by atoms with Crippen molar-refractivity contribution in [2.45, 2.75) is 87.5 Å². The van der Waals surface area contributed by atoms with Crippen molar-refractivity contribution in [3.63, 3.8) is 0 Å². The number of pyridine rings is 1. The van der Waals surface area contributed by atoms with Crippen LogP contribution in [0.25, 0.3) is 11.0 Å². The second-order valence-electron chi connectivity index (χ2n) is 10.7. The molecule has 0 radical (unpaired) electrons. The van der Waals surface area contributed by atoms with Gasteiger partial charge in [-0.3, -0.25) is 5.21 Å². The highest BCUT2D eigenvalue weighted by molar-refractivity contribution is 7.91. The van der Waals surface area contributed by atoms with Crippen LogP contribution in [0.3, 0.4) is 0 Å². The minimum atomic E-state index is -3.77. The zero-order valence-electron chi connectivity index (χ0n) is 21.3. The van der Waals surface area contributed by atoms with Gasteiger partial charge < -0.3 is 9.30 Å². The molecule has 1 N–H and O–H groups in total. The van der Waals surface area contributed by atoms with E-state index in [1.165, 1.54) is 50.4 Å². The van der Waals surface area contributed by atoms with E-state index in [2.05, 4.69) is 25.3 Å². The maximum atomic E-state index is 13.5. The molecule has 35 heavy (non-hydrogen) atoms. The van der Waals surface area contributed by atoms with E-state index in [9.17, 15) is 13.6 Å². The second-order valence-corrected chi connectivity index (χ2v) is 12.7. The third kappa shape index (κ3) is 5.54. The van der Waals surface area contributed by atoms with Crippen molar-refractivity contribution in [1.29, 1.82) is 0 Å². The van der Waals surface area contributed by atoms with Gasteiger partial charge in [-0.05, 0) is 43.4 Å². The number of methoxy groups -OCH3 is 1. The van der Waals surface area contributed by atoms with Crippen molar-refractivity contribution in [3.8, 4) is 0 Å². The van der Waals surface area contributed by atoms with Gasteiger partial charge >= 0.3 is 0 Å². The Morgan fingerprint density at radius 2 is 1.83 bits per heavy atom. The summed E-state index contributed by atoms with van der Waals surface area (Å²) in [5, 5.41) is 10.1. The summed E-state index contributed by atoms with van der Waals surface area (Å²) < 4.78 is 35.4. The SMILES string of the molecule is COCCCc1cc(S(=O)(=O)c2ccc3c(c2)nc(C(C)(C)C)n3CC2CCCCC2)cc[n+]1O. The summed E-state index contributed by atoms with van der Waals surface area (Å²) in [6.07, 6.45) is 8.92. The summed E-state index contributed by atoms with van der Waals surface area (Å²) in [5.74, 6) is 1.63. The zero-order chi connectivity index (χ0) is 25.2. The van der Waals surface area contributed by atoms with Gasteiger partial charge in [-0.2, -0.15) is 0 Å². The fraction of sp³-hybridized carbons (Fsp3) is 0.556. The van der Waals surface area contributed by atoms with E-state index in [0.29, 0.717) is 36.6 Å². The van der Waals surface area contributed by atoms with E-state index in [-0.39, 0.29) is 15.2 Å². The molecule has 4 rings (SSSR count). The largest absolute Gasteiger partial charge is 0.385 e. The molecular formula is C27H38N3O4S+. The Morgan fingerprint density at radius 1 is 1.11 bits per heavy atom. The van der Waals surface area contributed by atoms with Gasteiger partial charge in [0, 0.05) is 49.0 Å². The first-order chi connectivity index (χ1) is 16.6. The zero-order valence-corrected chi connectivity index (χ0v) is 22.1. The van der Waals surface area contributed by atoms with E-state index in [1.54, 1.807) is 19.2 Å². The molecule has 0 atom stereocenters. The molecule has 1 aliphatic carbocycles. The molecule has 1 fully saturated rings. The van der Waals surface area contributed by atoms with Crippen LogP contribution in [0.2, 0.25) is 0 Å². The highest BCUT2D eigenvalue weighted by Gasteiger charge is 2.27. The normalized spacial score (nSPS) is 15.7. The lowest BCUT2D eigenvalue weighted by molar-refractivity contribution is -0.909. The Balaban J connectivity index is 1.72. The summed E-state index contributed by atoms with van der Waals surface area (Å²) in [6.45, 7) is 7.93. The smallest absolute Gasteiger partial charge is 0.235 e. The standard InChI is InChI=1S/C27H38N3O4S/c1-27(2,3)26-28-24-18-22(12-13-25(24)29(26)19-20-9-6-5-7-10-20)35(32,33)23-14-15-30(31)21(17-23)11-8-16-34-4/h12-15,17-18,20,31H,5-11,16,19H2,1-4H3/q+1. The number of sulfone groups is 1. The first-order valence-corrected chi connectivity index (χ1v) is 14.1. The van der Waals surface area contributed by atoms with Gasteiger partial charge in [0.15, 0.2) is 0 Å². The fourth-order valence-electron chi connectivity index (χ4n) is 5.07. The monoisotopic (exact) mass is 500 g/mol. The molecule has 1 aromatic carbocycles. The minimum Gasteiger partial charge on any atom is -0.385 e. The van der Waals surface area contributed by atoms with Gasteiger partial charge in [-0.25, -0.2) is 13.4 Å². The Kier molecular flexibility index (Phi) is 7.52. The Hall–Kier alpha value is -2.45. The predicted octanol–water partition coefficient (Wildman–Crippen LogP) is 4.85. The van der Waals surface area contributed by atoms with Gasteiger partial charge in [0.05, 0.1) is 20.8 Å². The van der Waals surface area contributed by atoms with Crippen LogP contribution in [0.5, 0.6) is 0 Å². The molecule has 2 heterocycles. The third-order valence-electron chi connectivity index (χ3n) is 6.94. The van der Waals surface area contributed by atoms with Crippen molar-refractivity contribution in [2.75, 3.05) is 13.7 Å². The lowest BCUT2D eigenvalue weighted by Gasteiger charge is -2.26. The number of aryl methyl sites for hydroxylation is 1. The molecule has 7 nitrogen and oxygen atoms in total. The number of aromatic nitrogens is 3. The van der Waals surface area contributed by atoms with Crippen molar-refractivity contribution >= 4 is 20.9 Å². The van der Waals surface area contributed by atoms with Gasteiger partial charge in [0.25, 0.3) is 0 Å². The van der Waals surface area contributed by atoms with Crippen LogP contribution in [-0.2, 0) is 33.0 Å².